The fourth-order valence-corrected chi connectivity index (χ4v) is 12.5. The van der Waals surface area contributed by atoms with Gasteiger partial charge in [-0.3, -0.25) is 0 Å². The maximum Gasteiger partial charge on any atom is 0.0543 e. The number of hydrogen-bond donors (Lipinski definition) is 0. The van der Waals surface area contributed by atoms with Crippen LogP contribution in [0.3, 0.4) is 0 Å². The van der Waals surface area contributed by atoms with Gasteiger partial charge in [0.1, 0.15) is 0 Å². The molecule has 0 atom stereocenters. The molecule has 71 heavy (non-hydrogen) atoms. The Kier molecular flexibility index (Phi) is 9.61. The van der Waals surface area contributed by atoms with E-state index in [4.69, 9.17) is 0 Å². The summed E-state index contributed by atoms with van der Waals surface area (Å²) in [6.07, 6.45) is 0. The van der Waals surface area contributed by atoms with Crippen LogP contribution in [0.15, 0.2) is 231 Å². The van der Waals surface area contributed by atoms with Gasteiger partial charge in [-0.05, 0) is 151 Å². The van der Waals surface area contributed by atoms with Gasteiger partial charge in [0.25, 0.3) is 0 Å². The highest BCUT2D eigenvalue weighted by atomic mass is 15.2. The Morgan fingerprint density at radius 1 is 0.239 bits per heavy atom. The number of fused-ring (bicyclic) bond motifs is 9. The monoisotopic (exact) mass is 912 g/mol. The van der Waals surface area contributed by atoms with Crippen LogP contribution >= 0.6 is 0 Å². The van der Waals surface area contributed by atoms with Crippen molar-refractivity contribution >= 4 is 34.1 Å². The van der Waals surface area contributed by atoms with Crippen LogP contribution in [0, 0.1) is 0 Å². The maximum absolute atomic E-state index is 2.57. The Morgan fingerprint density at radius 2 is 0.648 bits per heavy atom. The van der Waals surface area contributed by atoms with E-state index in [1.807, 2.05) is 0 Å². The lowest BCUT2D eigenvalue weighted by Crippen LogP contribution is -2.18. The summed E-state index contributed by atoms with van der Waals surface area (Å²) in [5, 5.41) is 0. The molecule has 0 saturated carbocycles. The van der Waals surface area contributed by atoms with Gasteiger partial charge in [-0.2, -0.15) is 0 Å². The minimum absolute atomic E-state index is 0.117. The minimum atomic E-state index is -0.279. The van der Waals surface area contributed by atoms with Crippen LogP contribution in [0.2, 0.25) is 0 Å². The SMILES string of the molecule is CC1(C)c2ccccc2-c2ccc(N(c3ccccc3)c3cccc4c3-c3cc5c(cc3C4(C)C)-c3ccc(N(c4ccc(-c6ccccc6)cc4)c4ccccc4-c4ccccc4)cc3C5(C)C)cc21. The molecule has 2 nitrogen and oxygen atoms in total. The van der Waals surface area contributed by atoms with Crippen molar-refractivity contribution in [3.05, 3.63) is 264 Å². The van der Waals surface area contributed by atoms with E-state index in [1.54, 1.807) is 0 Å². The van der Waals surface area contributed by atoms with E-state index in [1.165, 1.54) is 100 Å². The van der Waals surface area contributed by atoms with Crippen LogP contribution in [0.25, 0.3) is 55.6 Å². The summed E-state index contributed by atoms with van der Waals surface area (Å²) in [6.45, 7) is 14.5. The second-order valence-corrected chi connectivity index (χ2v) is 21.3. The quantitative estimate of drug-likeness (QED) is 0.150. The zero-order chi connectivity index (χ0) is 48.2. The van der Waals surface area contributed by atoms with Gasteiger partial charge >= 0.3 is 0 Å². The standard InChI is InChI=1S/C69H56N2/c1-67(2)58-29-18-16-28-53(58)54-39-37-51(42-60(54)67)71(48-25-14-9-15-26-48)65-32-20-30-59-66(65)57-44-62-56(43-63(57)68(59,3)4)55-40-38-50(41-61(55)69(62,5)6)70(49-35-33-46(34-36-49)45-21-10-7-11-22-45)64-31-19-17-27-52(64)47-23-12-8-13-24-47/h7-44H,1-6H3. The molecule has 3 aliphatic carbocycles. The molecule has 0 aliphatic heterocycles. The lowest BCUT2D eigenvalue weighted by Gasteiger charge is -2.30. The summed E-state index contributed by atoms with van der Waals surface area (Å²) in [4.78, 5) is 4.97. The van der Waals surface area contributed by atoms with Crippen LogP contribution in [0.1, 0.15) is 74.9 Å². The predicted molar refractivity (Wildman–Crippen MR) is 299 cm³/mol. The first-order chi connectivity index (χ1) is 34.5. The van der Waals surface area contributed by atoms with Crippen molar-refractivity contribution in [3.63, 3.8) is 0 Å². The predicted octanol–water partition coefficient (Wildman–Crippen LogP) is 18.9. The van der Waals surface area contributed by atoms with Crippen LogP contribution < -0.4 is 9.80 Å². The number of nitrogens with zero attached hydrogens (tertiary/aromatic N) is 2. The molecule has 0 saturated heterocycles. The first-order valence-corrected chi connectivity index (χ1v) is 25.2. The molecule has 10 aromatic rings. The number of para-hydroxylation sites is 2. The van der Waals surface area contributed by atoms with Gasteiger partial charge in [0.2, 0.25) is 0 Å². The second-order valence-electron chi connectivity index (χ2n) is 21.3. The number of benzene rings is 10. The van der Waals surface area contributed by atoms with Crippen molar-refractivity contribution in [3.8, 4) is 55.6 Å². The largest absolute Gasteiger partial charge is 0.310 e. The molecule has 0 spiro atoms. The molecule has 0 bridgehead atoms. The maximum atomic E-state index is 2.57. The van der Waals surface area contributed by atoms with E-state index in [0.29, 0.717) is 0 Å². The van der Waals surface area contributed by atoms with Gasteiger partial charge < -0.3 is 9.80 Å². The Hall–Kier alpha value is -8.20. The van der Waals surface area contributed by atoms with Gasteiger partial charge in [0.05, 0.1) is 11.4 Å². The zero-order valence-electron chi connectivity index (χ0n) is 41.3. The van der Waals surface area contributed by atoms with E-state index in [2.05, 4.69) is 282 Å². The molecule has 2 heteroatoms. The van der Waals surface area contributed by atoms with Crippen molar-refractivity contribution in [2.24, 2.45) is 0 Å². The van der Waals surface area contributed by atoms with Crippen LogP contribution in [0.5, 0.6) is 0 Å². The molecule has 0 fully saturated rings. The highest BCUT2D eigenvalue weighted by molar-refractivity contribution is 5.99. The van der Waals surface area contributed by atoms with E-state index in [-0.39, 0.29) is 16.2 Å². The first kappa shape index (κ1) is 42.9. The molecule has 0 unspecified atom stereocenters. The number of rotatable bonds is 8. The molecule has 342 valence electrons. The van der Waals surface area contributed by atoms with Crippen LogP contribution in [-0.4, -0.2) is 0 Å². The summed E-state index contributed by atoms with van der Waals surface area (Å²) in [6, 6.07) is 85.7. The molecular weight excluding hydrogens is 857 g/mol. The van der Waals surface area contributed by atoms with Crippen molar-refractivity contribution < 1.29 is 0 Å². The molecule has 0 aromatic heterocycles. The van der Waals surface area contributed by atoms with Gasteiger partial charge in [0, 0.05) is 50.1 Å². The zero-order valence-corrected chi connectivity index (χ0v) is 41.3. The lowest BCUT2D eigenvalue weighted by molar-refractivity contribution is 0.652. The molecule has 0 N–H and O–H groups in total. The normalized spacial score (nSPS) is 14.7. The summed E-state index contributed by atoms with van der Waals surface area (Å²) < 4.78 is 0. The fraction of sp³-hybridized carbons (Fsp3) is 0.130. The fourth-order valence-electron chi connectivity index (χ4n) is 12.5. The molecule has 13 rings (SSSR count). The Balaban J connectivity index is 0.950. The smallest absolute Gasteiger partial charge is 0.0543 e. The average molecular weight is 913 g/mol. The number of hydrogen-bond acceptors (Lipinski definition) is 2. The van der Waals surface area contributed by atoms with E-state index >= 15 is 0 Å². The lowest BCUT2D eigenvalue weighted by atomic mass is 9.79. The first-order valence-electron chi connectivity index (χ1n) is 25.2. The average Bonchev–Trinajstić information content (AvgIpc) is 3.88. The Morgan fingerprint density at radius 3 is 1.32 bits per heavy atom. The third-order valence-electron chi connectivity index (χ3n) is 16.3. The van der Waals surface area contributed by atoms with Crippen molar-refractivity contribution in [1.29, 1.82) is 0 Å². The Bertz CT molecular complexity index is 3710. The van der Waals surface area contributed by atoms with Gasteiger partial charge in [-0.15, -0.1) is 0 Å². The number of anilines is 6. The molecule has 0 amide bonds. The molecule has 10 aromatic carbocycles. The van der Waals surface area contributed by atoms with Crippen LogP contribution in [0.4, 0.5) is 34.1 Å². The molecular formula is C69H56N2. The van der Waals surface area contributed by atoms with Crippen molar-refractivity contribution in [2.75, 3.05) is 9.80 Å². The van der Waals surface area contributed by atoms with E-state index < -0.39 is 0 Å². The van der Waals surface area contributed by atoms with Crippen molar-refractivity contribution in [2.45, 2.75) is 57.8 Å². The summed E-state index contributed by atoms with van der Waals surface area (Å²) in [5.74, 6) is 0. The van der Waals surface area contributed by atoms with Gasteiger partial charge in [-0.25, -0.2) is 0 Å². The topological polar surface area (TPSA) is 6.48 Å². The molecule has 0 radical (unpaired) electrons. The minimum Gasteiger partial charge on any atom is -0.310 e. The highest BCUT2D eigenvalue weighted by Crippen LogP contribution is 2.60. The van der Waals surface area contributed by atoms with Crippen LogP contribution in [-0.2, 0) is 16.2 Å². The summed E-state index contributed by atoms with van der Waals surface area (Å²) in [5.41, 5.74) is 27.3. The van der Waals surface area contributed by atoms with E-state index in [9.17, 15) is 0 Å². The third-order valence-corrected chi connectivity index (χ3v) is 16.3. The second kappa shape index (κ2) is 15.9. The summed E-state index contributed by atoms with van der Waals surface area (Å²) >= 11 is 0. The van der Waals surface area contributed by atoms with E-state index in [0.717, 1.165) is 22.7 Å². The Labute approximate surface area is 419 Å². The third kappa shape index (κ3) is 6.54. The molecule has 3 aliphatic rings. The molecule has 0 heterocycles. The van der Waals surface area contributed by atoms with Gasteiger partial charge in [0.15, 0.2) is 0 Å². The highest BCUT2D eigenvalue weighted by Gasteiger charge is 2.44. The van der Waals surface area contributed by atoms with Gasteiger partial charge in [-0.1, -0.05) is 199 Å². The van der Waals surface area contributed by atoms with Crippen molar-refractivity contribution in [1.82, 2.24) is 0 Å². The summed E-state index contributed by atoms with van der Waals surface area (Å²) in [7, 11) is 0.